The fourth-order valence-corrected chi connectivity index (χ4v) is 3.10. The molecule has 1 saturated heterocycles. The first kappa shape index (κ1) is 12.0. The number of carbonyl (C=O) groups is 2. The van der Waals surface area contributed by atoms with Crippen LogP contribution in [0.5, 0.6) is 0 Å². The highest BCUT2D eigenvalue weighted by molar-refractivity contribution is 7.15. The Morgan fingerprint density at radius 1 is 1.11 bits per heavy atom. The molecule has 1 fully saturated rings. The van der Waals surface area contributed by atoms with E-state index in [2.05, 4.69) is 9.72 Å². The van der Waals surface area contributed by atoms with Gasteiger partial charge < -0.3 is 4.74 Å². The molecule has 2 aromatic rings. The van der Waals surface area contributed by atoms with E-state index in [1.165, 1.54) is 11.3 Å². The average Bonchev–Trinajstić information content (AvgIpc) is 2.88. The SMILES string of the molecule is O=C1CC(c2cnc(-c3ccccc3)s2)CC(=O)O1. The predicted octanol–water partition coefficient (Wildman–Crippen LogP) is 2.76. The van der Waals surface area contributed by atoms with Gasteiger partial charge in [0.05, 0.1) is 12.8 Å². The molecule has 0 spiro atoms. The van der Waals surface area contributed by atoms with Gasteiger partial charge in [-0.25, -0.2) is 4.98 Å². The number of benzene rings is 1. The van der Waals surface area contributed by atoms with E-state index < -0.39 is 11.9 Å². The van der Waals surface area contributed by atoms with Gasteiger partial charge in [-0.2, -0.15) is 0 Å². The molecule has 0 N–H and O–H groups in total. The Hall–Kier alpha value is -2.01. The van der Waals surface area contributed by atoms with Gasteiger partial charge >= 0.3 is 11.9 Å². The summed E-state index contributed by atoms with van der Waals surface area (Å²) in [6.07, 6.45) is 2.26. The molecule has 1 aromatic carbocycles. The van der Waals surface area contributed by atoms with Crippen LogP contribution in [0, 0.1) is 0 Å². The zero-order chi connectivity index (χ0) is 13.2. The molecule has 1 aliphatic heterocycles. The maximum Gasteiger partial charge on any atom is 0.314 e. The molecule has 0 aliphatic carbocycles. The van der Waals surface area contributed by atoms with Crippen molar-refractivity contribution in [3.05, 3.63) is 41.4 Å². The first-order valence-corrected chi connectivity index (χ1v) is 6.78. The third kappa shape index (κ3) is 2.56. The Bertz CT molecular complexity index is 605. The van der Waals surface area contributed by atoms with E-state index in [-0.39, 0.29) is 18.8 Å². The molecule has 1 aliphatic rings. The van der Waals surface area contributed by atoms with Gasteiger partial charge in [0.1, 0.15) is 5.01 Å². The van der Waals surface area contributed by atoms with Gasteiger partial charge in [-0.15, -0.1) is 11.3 Å². The van der Waals surface area contributed by atoms with E-state index in [0.29, 0.717) is 0 Å². The summed E-state index contributed by atoms with van der Waals surface area (Å²) in [5.74, 6) is -0.990. The van der Waals surface area contributed by atoms with Crippen molar-refractivity contribution < 1.29 is 14.3 Å². The molecule has 0 radical (unpaired) electrons. The van der Waals surface area contributed by atoms with E-state index in [1.54, 1.807) is 6.20 Å². The number of aromatic nitrogens is 1. The van der Waals surface area contributed by atoms with Crippen molar-refractivity contribution in [3.8, 4) is 10.6 Å². The van der Waals surface area contributed by atoms with E-state index in [4.69, 9.17) is 0 Å². The highest BCUT2D eigenvalue weighted by Gasteiger charge is 2.29. The van der Waals surface area contributed by atoms with Crippen molar-refractivity contribution in [1.29, 1.82) is 0 Å². The molecular weight excluding hydrogens is 262 g/mol. The van der Waals surface area contributed by atoms with Crippen LogP contribution in [0.1, 0.15) is 23.6 Å². The first-order valence-electron chi connectivity index (χ1n) is 5.97. The molecule has 0 amide bonds. The van der Waals surface area contributed by atoms with Gasteiger partial charge in [0, 0.05) is 22.6 Å². The summed E-state index contributed by atoms with van der Waals surface area (Å²) in [5.41, 5.74) is 1.04. The average molecular weight is 273 g/mol. The third-order valence-electron chi connectivity index (χ3n) is 3.00. The summed E-state index contributed by atoms with van der Waals surface area (Å²) in [7, 11) is 0. The fraction of sp³-hybridized carbons (Fsp3) is 0.214. The molecule has 2 heterocycles. The highest BCUT2D eigenvalue weighted by Crippen LogP contribution is 2.35. The summed E-state index contributed by atoms with van der Waals surface area (Å²) < 4.78 is 4.54. The normalized spacial score (nSPS) is 16.4. The van der Waals surface area contributed by atoms with Crippen LogP contribution in [0.15, 0.2) is 36.5 Å². The monoisotopic (exact) mass is 273 g/mol. The minimum absolute atomic E-state index is 0.0938. The maximum absolute atomic E-state index is 11.3. The standard InChI is InChI=1S/C14H11NO3S/c16-12-6-10(7-13(17)18-12)11-8-15-14(19-11)9-4-2-1-3-5-9/h1-5,8,10H,6-7H2. The largest absolute Gasteiger partial charge is 0.393 e. The van der Waals surface area contributed by atoms with Crippen molar-refractivity contribution in [2.75, 3.05) is 0 Å². The molecule has 19 heavy (non-hydrogen) atoms. The maximum atomic E-state index is 11.3. The number of carbonyl (C=O) groups excluding carboxylic acids is 2. The molecule has 0 bridgehead atoms. The first-order chi connectivity index (χ1) is 9.22. The van der Waals surface area contributed by atoms with E-state index in [9.17, 15) is 9.59 Å². The van der Waals surface area contributed by atoms with Crippen molar-refractivity contribution in [1.82, 2.24) is 4.98 Å². The fourth-order valence-electron chi connectivity index (χ4n) is 2.08. The summed E-state index contributed by atoms with van der Waals surface area (Å²) in [5, 5.41) is 0.905. The van der Waals surface area contributed by atoms with Gasteiger partial charge in [-0.1, -0.05) is 30.3 Å². The highest BCUT2D eigenvalue weighted by atomic mass is 32.1. The van der Waals surface area contributed by atoms with Crippen LogP contribution in [0.4, 0.5) is 0 Å². The second kappa shape index (κ2) is 4.93. The smallest absolute Gasteiger partial charge is 0.314 e. The summed E-state index contributed by atoms with van der Waals surface area (Å²) in [6, 6.07) is 9.84. The lowest BCUT2D eigenvalue weighted by atomic mass is 9.98. The zero-order valence-corrected chi connectivity index (χ0v) is 10.9. The van der Waals surface area contributed by atoms with E-state index in [1.807, 2.05) is 30.3 Å². The second-order valence-electron chi connectivity index (χ2n) is 4.39. The van der Waals surface area contributed by atoms with Gasteiger partial charge in [0.2, 0.25) is 0 Å². The number of hydrogen-bond donors (Lipinski definition) is 0. The number of thiazole rings is 1. The molecule has 96 valence electrons. The van der Waals surface area contributed by atoms with Crippen LogP contribution in [0.2, 0.25) is 0 Å². The Morgan fingerprint density at radius 3 is 2.47 bits per heavy atom. The van der Waals surface area contributed by atoms with Gasteiger partial charge in [-0.05, 0) is 0 Å². The van der Waals surface area contributed by atoms with Crippen molar-refractivity contribution >= 4 is 23.3 Å². The Morgan fingerprint density at radius 2 is 1.79 bits per heavy atom. The van der Waals surface area contributed by atoms with Crippen molar-refractivity contribution in [2.45, 2.75) is 18.8 Å². The van der Waals surface area contributed by atoms with Crippen LogP contribution in [0.3, 0.4) is 0 Å². The van der Waals surface area contributed by atoms with E-state index >= 15 is 0 Å². The minimum atomic E-state index is -0.448. The summed E-state index contributed by atoms with van der Waals surface area (Å²) in [4.78, 5) is 27.9. The molecule has 0 saturated carbocycles. The molecule has 1 aromatic heterocycles. The quantitative estimate of drug-likeness (QED) is 0.623. The second-order valence-corrected chi connectivity index (χ2v) is 5.45. The van der Waals surface area contributed by atoms with Crippen LogP contribution in [-0.2, 0) is 14.3 Å². The Balaban J connectivity index is 1.85. The van der Waals surface area contributed by atoms with Gasteiger partial charge in [-0.3, -0.25) is 9.59 Å². The molecular formula is C14H11NO3S. The van der Waals surface area contributed by atoms with Crippen molar-refractivity contribution in [3.63, 3.8) is 0 Å². The summed E-state index contributed by atoms with van der Waals surface area (Å²) >= 11 is 1.53. The lowest BCUT2D eigenvalue weighted by molar-refractivity contribution is -0.163. The third-order valence-corrected chi connectivity index (χ3v) is 4.21. The Labute approximate surface area is 114 Å². The number of esters is 2. The molecule has 0 atom stereocenters. The van der Waals surface area contributed by atoms with E-state index in [0.717, 1.165) is 15.4 Å². The van der Waals surface area contributed by atoms with Crippen LogP contribution < -0.4 is 0 Å². The molecule has 3 rings (SSSR count). The number of ether oxygens (including phenoxy) is 1. The molecule has 0 unspecified atom stereocenters. The number of nitrogens with zero attached hydrogens (tertiary/aromatic N) is 1. The number of rotatable bonds is 2. The zero-order valence-electron chi connectivity index (χ0n) is 10.0. The molecule has 5 heteroatoms. The minimum Gasteiger partial charge on any atom is -0.393 e. The van der Waals surface area contributed by atoms with Crippen LogP contribution in [0.25, 0.3) is 10.6 Å². The lowest BCUT2D eigenvalue weighted by Crippen LogP contribution is -2.23. The number of cyclic esters (lactones) is 2. The van der Waals surface area contributed by atoms with Crippen LogP contribution in [-0.4, -0.2) is 16.9 Å². The molecule has 4 nitrogen and oxygen atoms in total. The van der Waals surface area contributed by atoms with Crippen LogP contribution >= 0.6 is 11.3 Å². The number of hydrogen-bond acceptors (Lipinski definition) is 5. The summed E-state index contributed by atoms with van der Waals surface area (Å²) in [6.45, 7) is 0. The topological polar surface area (TPSA) is 56.3 Å². The van der Waals surface area contributed by atoms with Gasteiger partial charge in [0.15, 0.2) is 0 Å². The lowest BCUT2D eigenvalue weighted by Gasteiger charge is -2.17. The van der Waals surface area contributed by atoms with Crippen molar-refractivity contribution in [2.24, 2.45) is 0 Å². The van der Waals surface area contributed by atoms with Gasteiger partial charge in [0.25, 0.3) is 0 Å². The Kier molecular flexibility index (Phi) is 3.13. The predicted molar refractivity (Wildman–Crippen MR) is 70.6 cm³/mol.